The lowest BCUT2D eigenvalue weighted by molar-refractivity contribution is -0.136. The number of rotatable bonds is 7. The van der Waals surface area contributed by atoms with Gasteiger partial charge in [-0.2, -0.15) is 0 Å². The highest BCUT2D eigenvalue weighted by molar-refractivity contribution is 5.94. The van der Waals surface area contributed by atoms with Crippen molar-refractivity contribution in [2.45, 2.75) is 18.9 Å². The summed E-state index contributed by atoms with van der Waals surface area (Å²) >= 11 is 0. The number of nitrogens with one attached hydrogen (secondary N) is 2. The first-order valence-electron chi connectivity index (χ1n) is 8.02. The van der Waals surface area contributed by atoms with Crippen molar-refractivity contribution in [3.63, 3.8) is 0 Å². The number of pyridine rings is 1. The van der Waals surface area contributed by atoms with Gasteiger partial charge in [-0.25, -0.2) is 4.98 Å². The van der Waals surface area contributed by atoms with Gasteiger partial charge in [-0.05, 0) is 25.0 Å². The fourth-order valence-corrected chi connectivity index (χ4v) is 2.58. The number of amides is 2. The fraction of sp³-hybridized carbons (Fsp3) is 0.471. The summed E-state index contributed by atoms with van der Waals surface area (Å²) in [4.78, 5) is 29.7. The molecule has 0 aliphatic carbocycles. The van der Waals surface area contributed by atoms with E-state index in [4.69, 9.17) is 4.74 Å². The van der Waals surface area contributed by atoms with Crippen molar-refractivity contribution < 1.29 is 14.3 Å². The largest absolute Gasteiger partial charge is 0.375 e. The molecule has 130 valence electrons. The van der Waals surface area contributed by atoms with Crippen molar-refractivity contribution in [1.29, 1.82) is 0 Å². The standard InChI is InChI=1S/C17H24N4O3/c1-3-8-18-17(23)13-4-5-15(19-11-13)20-14-6-9-21(10-7-14)16(22)12-24-2/h3-5,11,14H,1,6-10,12H2,2H3,(H,18,23)(H,19,20). The average Bonchev–Trinajstić information content (AvgIpc) is 2.61. The summed E-state index contributed by atoms with van der Waals surface area (Å²) in [6.07, 6.45) is 4.90. The molecule has 1 aliphatic rings. The Morgan fingerprint density at radius 3 is 2.75 bits per heavy atom. The third-order valence-corrected chi connectivity index (χ3v) is 3.90. The van der Waals surface area contributed by atoms with Crippen LogP contribution in [0.3, 0.4) is 0 Å². The van der Waals surface area contributed by atoms with Crippen LogP contribution >= 0.6 is 0 Å². The number of methoxy groups -OCH3 is 1. The Balaban J connectivity index is 1.81. The predicted octanol–water partition coefficient (Wildman–Crippen LogP) is 1.05. The molecule has 0 radical (unpaired) electrons. The lowest BCUT2D eigenvalue weighted by atomic mass is 10.0. The number of likely N-dealkylation sites (tertiary alicyclic amines) is 1. The van der Waals surface area contributed by atoms with E-state index in [0.717, 1.165) is 18.7 Å². The van der Waals surface area contributed by atoms with Crippen LogP contribution in [-0.2, 0) is 9.53 Å². The van der Waals surface area contributed by atoms with Gasteiger partial charge in [0.2, 0.25) is 5.91 Å². The second-order valence-corrected chi connectivity index (χ2v) is 5.66. The van der Waals surface area contributed by atoms with Gasteiger partial charge in [-0.3, -0.25) is 9.59 Å². The van der Waals surface area contributed by atoms with Gasteiger partial charge in [0.05, 0.1) is 5.56 Å². The maximum absolute atomic E-state index is 11.8. The molecule has 1 aliphatic heterocycles. The van der Waals surface area contributed by atoms with E-state index >= 15 is 0 Å². The zero-order chi connectivity index (χ0) is 17.4. The zero-order valence-electron chi connectivity index (χ0n) is 14.0. The monoisotopic (exact) mass is 332 g/mol. The van der Waals surface area contributed by atoms with Crippen LogP contribution in [0.15, 0.2) is 31.0 Å². The van der Waals surface area contributed by atoms with Crippen molar-refractivity contribution in [2.75, 3.05) is 38.7 Å². The van der Waals surface area contributed by atoms with Crippen molar-refractivity contribution in [3.05, 3.63) is 36.5 Å². The molecule has 2 heterocycles. The number of carbonyl (C=O) groups is 2. The fourth-order valence-electron chi connectivity index (χ4n) is 2.58. The van der Waals surface area contributed by atoms with Crippen LogP contribution in [0.2, 0.25) is 0 Å². The number of hydrogen-bond donors (Lipinski definition) is 2. The Morgan fingerprint density at radius 2 is 2.17 bits per heavy atom. The second-order valence-electron chi connectivity index (χ2n) is 5.66. The maximum atomic E-state index is 11.8. The molecule has 0 atom stereocenters. The normalized spacial score (nSPS) is 15.0. The SMILES string of the molecule is C=CCNC(=O)c1ccc(NC2CCN(C(=O)COC)CC2)nc1. The highest BCUT2D eigenvalue weighted by Crippen LogP contribution is 2.15. The van der Waals surface area contributed by atoms with E-state index in [9.17, 15) is 9.59 Å². The van der Waals surface area contributed by atoms with E-state index in [1.54, 1.807) is 24.4 Å². The summed E-state index contributed by atoms with van der Waals surface area (Å²) < 4.78 is 4.88. The summed E-state index contributed by atoms with van der Waals surface area (Å²) in [5.41, 5.74) is 0.516. The highest BCUT2D eigenvalue weighted by Gasteiger charge is 2.22. The van der Waals surface area contributed by atoms with Crippen LogP contribution < -0.4 is 10.6 Å². The van der Waals surface area contributed by atoms with E-state index < -0.39 is 0 Å². The minimum atomic E-state index is -0.168. The average molecular weight is 332 g/mol. The Labute approximate surface area is 142 Å². The summed E-state index contributed by atoms with van der Waals surface area (Å²) in [5.74, 6) is 0.597. The predicted molar refractivity (Wildman–Crippen MR) is 91.9 cm³/mol. The Bertz CT molecular complexity index is 566. The lowest BCUT2D eigenvalue weighted by Gasteiger charge is -2.32. The Hall–Kier alpha value is -2.41. The third-order valence-electron chi connectivity index (χ3n) is 3.90. The molecule has 1 saturated heterocycles. The van der Waals surface area contributed by atoms with Crippen molar-refractivity contribution in [1.82, 2.24) is 15.2 Å². The zero-order valence-corrected chi connectivity index (χ0v) is 14.0. The van der Waals surface area contributed by atoms with Gasteiger partial charge in [-0.15, -0.1) is 6.58 Å². The number of ether oxygens (including phenoxy) is 1. The summed E-state index contributed by atoms with van der Waals surface area (Å²) in [6, 6.07) is 3.81. The summed E-state index contributed by atoms with van der Waals surface area (Å²) in [5, 5.41) is 6.06. The van der Waals surface area contributed by atoms with E-state index in [1.807, 2.05) is 4.90 Å². The smallest absolute Gasteiger partial charge is 0.253 e. The highest BCUT2D eigenvalue weighted by atomic mass is 16.5. The first kappa shape index (κ1) is 17.9. The van der Waals surface area contributed by atoms with Crippen LogP contribution in [0.1, 0.15) is 23.2 Å². The number of aromatic nitrogens is 1. The van der Waals surface area contributed by atoms with Crippen LogP contribution in [0.25, 0.3) is 0 Å². The van der Waals surface area contributed by atoms with Crippen molar-refractivity contribution >= 4 is 17.6 Å². The number of nitrogens with zero attached hydrogens (tertiary/aromatic N) is 2. The maximum Gasteiger partial charge on any atom is 0.253 e. The van der Waals surface area contributed by atoms with E-state index in [0.29, 0.717) is 25.2 Å². The molecule has 1 aromatic rings. The topological polar surface area (TPSA) is 83.6 Å². The third kappa shape index (κ3) is 5.06. The van der Waals surface area contributed by atoms with E-state index in [1.165, 1.54) is 7.11 Å². The Kier molecular flexibility index (Phi) is 6.74. The molecule has 7 nitrogen and oxygen atoms in total. The quantitative estimate of drug-likeness (QED) is 0.729. The molecule has 24 heavy (non-hydrogen) atoms. The van der Waals surface area contributed by atoms with E-state index in [-0.39, 0.29) is 24.5 Å². The van der Waals surface area contributed by atoms with Crippen LogP contribution in [0.5, 0.6) is 0 Å². The molecule has 7 heteroatoms. The van der Waals surface area contributed by atoms with Crippen LogP contribution in [-0.4, -0.2) is 61.1 Å². The molecule has 2 amide bonds. The van der Waals surface area contributed by atoms with Gasteiger partial charge in [0.1, 0.15) is 12.4 Å². The minimum absolute atomic E-state index is 0.0314. The van der Waals surface area contributed by atoms with Gasteiger partial charge >= 0.3 is 0 Å². The summed E-state index contributed by atoms with van der Waals surface area (Å²) in [6.45, 7) is 5.54. The van der Waals surface area contributed by atoms with E-state index in [2.05, 4.69) is 22.2 Å². The number of piperidine rings is 1. The first-order valence-corrected chi connectivity index (χ1v) is 8.02. The van der Waals surface area contributed by atoms with Crippen molar-refractivity contribution in [3.8, 4) is 0 Å². The molecule has 2 rings (SSSR count). The Morgan fingerprint density at radius 1 is 1.42 bits per heavy atom. The number of carbonyl (C=O) groups excluding carboxylic acids is 2. The lowest BCUT2D eigenvalue weighted by Crippen LogP contribution is -2.43. The summed E-state index contributed by atoms with van der Waals surface area (Å²) in [7, 11) is 1.53. The van der Waals surface area contributed by atoms with Crippen LogP contribution in [0, 0.1) is 0 Å². The molecule has 1 aromatic heterocycles. The molecular formula is C17H24N4O3. The molecule has 0 saturated carbocycles. The van der Waals surface area contributed by atoms with Gasteiger partial charge < -0.3 is 20.3 Å². The molecule has 0 unspecified atom stereocenters. The molecule has 0 aromatic carbocycles. The number of hydrogen-bond acceptors (Lipinski definition) is 5. The number of anilines is 1. The molecule has 0 spiro atoms. The van der Waals surface area contributed by atoms with Crippen LogP contribution in [0.4, 0.5) is 5.82 Å². The first-order chi connectivity index (χ1) is 11.6. The molecular weight excluding hydrogens is 308 g/mol. The van der Waals surface area contributed by atoms with Gasteiger partial charge in [0.15, 0.2) is 0 Å². The van der Waals surface area contributed by atoms with Gasteiger partial charge in [0.25, 0.3) is 5.91 Å². The minimum Gasteiger partial charge on any atom is -0.375 e. The van der Waals surface area contributed by atoms with Crippen molar-refractivity contribution in [2.24, 2.45) is 0 Å². The molecule has 2 N–H and O–H groups in total. The van der Waals surface area contributed by atoms with Gasteiger partial charge in [0, 0.05) is 39.0 Å². The second kappa shape index (κ2) is 9.02. The molecule has 1 fully saturated rings. The van der Waals surface area contributed by atoms with Gasteiger partial charge in [-0.1, -0.05) is 6.08 Å². The molecule has 0 bridgehead atoms.